The summed E-state index contributed by atoms with van der Waals surface area (Å²) in [6.07, 6.45) is 1.83. The molecule has 0 saturated carbocycles. The minimum absolute atomic E-state index is 0. The normalized spacial score (nSPS) is 12.8. The summed E-state index contributed by atoms with van der Waals surface area (Å²) in [5.74, 6) is 0. The maximum absolute atomic E-state index is 4.86. The van der Waals surface area contributed by atoms with E-state index in [0.29, 0.717) is 0 Å². The van der Waals surface area contributed by atoms with Crippen molar-refractivity contribution in [2.24, 2.45) is 0 Å². The summed E-state index contributed by atoms with van der Waals surface area (Å²) >= 11 is 0. The third-order valence-electron chi connectivity index (χ3n) is 8.78. The summed E-state index contributed by atoms with van der Waals surface area (Å²) in [7, 11) is 0. The molecule has 0 amide bonds. The van der Waals surface area contributed by atoms with Crippen molar-refractivity contribution in [2.45, 2.75) is 19.3 Å². The molecule has 2 aliphatic rings. The fourth-order valence-electron chi connectivity index (χ4n) is 6.68. The van der Waals surface area contributed by atoms with E-state index in [1.165, 1.54) is 49.9 Å². The number of hydrogen-bond acceptors (Lipinski definition) is 2. The van der Waals surface area contributed by atoms with E-state index in [9.17, 15) is 0 Å². The minimum atomic E-state index is 0. The monoisotopic (exact) mass is 741 g/mol. The molecule has 2 heterocycles. The number of hydrogen-bond donors (Lipinski definition) is 0. The summed E-state index contributed by atoms with van der Waals surface area (Å²) < 4.78 is 0. The van der Waals surface area contributed by atoms with Crippen molar-refractivity contribution in [3.05, 3.63) is 157 Å². The Kier molecular flexibility index (Phi) is 7.09. The van der Waals surface area contributed by atoms with Crippen LogP contribution in [-0.4, -0.2) is 9.97 Å². The Bertz CT molecular complexity index is 2150. The van der Waals surface area contributed by atoms with Crippen LogP contribution in [0, 0.1) is 12.1 Å². The number of fused-ring (bicyclic) bond motifs is 6. The molecule has 0 bridgehead atoms. The van der Waals surface area contributed by atoms with Crippen molar-refractivity contribution in [3.8, 4) is 55.9 Å². The second kappa shape index (κ2) is 11.1. The van der Waals surface area contributed by atoms with E-state index in [-0.39, 0.29) is 25.5 Å². The molecule has 0 aliphatic heterocycles. The van der Waals surface area contributed by atoms with Crippen molar-refractivity contribution in [2.75, 3.05) is 0 Å². The summed E-state index contributed by atoms with van der Waals surface area (Å²) in [6.45, 7) is 4.58. The van der Waals surface area contributed by atoms with Gasteiger partial charge in [-0.25, -0.2) is 0 Å². The molecule has 5 aromatic carbocycles. The van der Waals surface area contributed by atoms with Crippen molar-refractivity contribution < 1.29 is 20.1 Å². The van der Waals surface area contributed by atoms with Gasteiger partial charge in [-0.15, -0.1) is 65.2 Å². The molecule has 0 fully saturated rings. The molecule has 0 unspecified atom stereocenters. The Morgan fingerprint density at radius 2 is 1.27 bits per heavy atom. The van der Waals surface area contributed by atoms with E-state index >= 15 is 0 Å². The van der Waals surface area contributed by atoms with E-state index in [0.717, 1.165) is 28.0 Å². The third-order valence-corrected chi connectivity index (χ3v) is 8.78. The van der Waals surface area contributed by atoms with Gasteiger partial charge >= 0.3 is 0 Å². The van der Waals surface area contributed by atoms with Crippen LogP contribution in [0.4, 0.5) is 0 Å². The van der Waals surface area contributed by atoms with E-state index in [4.69, 9.17) is 4.98 Å². The summed E-state index contributed by atoms with van der Waals surface area (Å²) in [5, 5.41) is 1.27. The van der Waals surface area contributed by atoms with Crippen molar-refractivity contribution >= 4 is 10.9 Å². The topological polar surface area (TPSA) is 25.8 Å². The SMILES string of the molecule is CC1(C)c2ccccc2-c2c[c-]c(-c3ccccn3)cc21.[Ir].[c-]1ccccc1-c1cc2c3c(cccc3n1)-c1ccccc1-2. The maximum atomic E-state index is 4.86. The van der Waals surface area contributed by atoms with Gasteiger partial charge in [0.25, 0.3) is 0 Å². The molecule has 44 heavy (non-hydrogen) atoms. The Morgan fingerprint density at radius 1 is 0.545 bits per heavy atom. The number of pyridine rings is 2. The average molecular weight is 741 g/mol. The maximum Gasteiger partial charge on any atom is 0.0607 e. The predicted octanol–water partition coefficient (Wildman–Crippen LogP) is 10.2. The van der Waals surface area contributed by atoms with Crippen LogP contribution < -0.4 is 0 Å². The summed E-state index contributed by atoms with van der Waals surface area (Å²) in [5.41, 5.74) is 15.7. The minimum Gasteiger partial charge on any atom is -0.305 e. The Balaban J connectivity index is 0.000000139. The van der Waals surface area contributed by atoms with Crippen molar-refractivity contribution in [3.63, 3.8) is 0 Å². The number of benzene rings is 5. The van der Waals surface area contributed by atoms with Crippen LogP contribution in [-0.2, 0) is 25.5 Å². The fourth-order valence-corrected chi connectivity index (χ4v) is 6.68. The Morgan fingerprint density at radius 3 is 2.05 bits per heavy atom. The first-order valence-corrected chi connectivity index (χ1v) is 14.7. The quantitative estimate of drug-likeness (QED) is 0.165. The molecule has 0 spiro atoms. The largest absolute Gasteiger partial charge is 0.305 e. The van der Waals surface area contributed by atoms with Crippen LogP contribution in [0.2, 0.25) is 0 Å². The second-order valence-electron chi connectivity index (χ2n) is 11.6. The van der Waals surface area contributed by atoms with Gasteiger partial charge in [-0.2, -0.15) is 0 Å². The molecule has 2 aliphatic carbocycles. The van der Waals surface area contributed by atoms with Gasteiger partial charge in [-0.3, -0.25) is 4.98 Å². The molecule has 213 valence electrons. The van der Waals surface area contributed by atoms with Crippen LogP contribution in [0.5, 0.6) is 0 Å². The van der Waals surface area contributed by atoms with Gasteiger partial charge in [-0.1, -0.05) is 104 Å². The third kappa shape index (κ3) is 4.52. The van der Waals surface area contributed by atoms with Gasteiger partial charge in [0.05, 0.1) is 5.52 Å². The molecule has 3 heteroatoms. The molecule has 7 aromatic rings. The Hall–Kier alpha value is -4.69. The van der Waals surface area contributed by atoms with E-state index in [1.54, 1.807) is 0 Å². The van der Waals surface area contributed by atoms with Crippen molar-refractivity contribution in [1.82, 2.24) is 9.97 Å². The second-order valence-corrected chi connectivity index (χ2v) is 11.6. The molecular formula is C41H28IrN2-2. The van der Waals surface area contributed by atoms with Gasteiger partial charge in [0.1, 0.15) is 0 Å². The van der Waals surface area contributed by atoms with Gasteiger partial charge in [0, 0.05) is 31.7 Å². The van der Waals surface area contributed by atoms with Crippen LogP contribution in [0.15, 0.2) is 134 Å². The Labute approximate surface area is 271 Å². The zero-order chi connectivity index (χ0) is 29.0. The number of aromatic nitrogens is 2. The van der Waals surface area contributed by atoms with Crippen molar-refractivity contribution in [1.29, 1.82) is 0 Å². The predicted molar refractivity (Wildman–Crippen MR) is 177 cm³/mol. The zero-order valence-corrected chi connectivity index (χ0v) is 26.8. The number of rotatable bonds is 2. The summed E-state index contributed by atoms with van der Waals surface area (Å²) in [4.78, 5) is 9.30. The molecule has 0 saturated heterocycles. The smallest absolute Gasteiger partial charge is 0.0607 e. The first kappa shape index (κ1) is 28.1. The zero-order valence-electron chi connectivity index (χ0n) is 24.4. The van der Waals surface area contributed by atoms with E-state index in [1.807, 2.05) is 42.6 Å². The molecular weight excluding hydrogens is 713 g/mol. The van der Waals surface area contributed by atoms with Gasteiger partial charge in [0.15, 0.2) is 0 Å². The van der Waals surface area contributed by atoms with Gasteiger partial charge in [-0.05, 0) is 56.8 Å². The van der Waals surface area contributed by atoms with E-state index in [2.05, 4.69) is 122 Å². The van der Waals surface area contributed by atoms with Crippen LogP contribution >= 0.6 is 0 Å². The number of nitrogens with zero attached hydrogens (tertiary/aromatic N) is 2. The van der Waals surface area contributed by atoms with Crippen LogP contribution in [0.1, 0.15) is 25.0 Å². The van der Waals surface area contributed by atoms with Gasteiger partial charge < -0.3 is 4.98 Å². The van der Waals surface area contributed by atoms with E-state index < -0.39 is 0 Å². The molecule has 0 atom stereocenters. The van der Waals surface area contributed by atoms with Crippen LogP contribution in [0.3, 0.4) is 0 Å². The average Bonchev–Trinajstić information content (AvgIpc) is 3.52. The first-order chi connectivity index (χ1) is 21.1. The molecule has 9 rings (SSSR count). The molecule has 2 nitrogen and oxygen atoms in total. The molecule has 1 radical (unpaired) electrons. The molecule has 0 N–H and O–H groups in total. The fraction of sp³-hybridized carbons (Fsp3) is 0.0732. The summed E-state index contributed by atoms with van der Waals surface area (Å²) in [6, 6.07) is 50.9. The van der Waals surface area contributed by atoms with Gasteiger partial charge in [0.2, 0.25) is 0 Å². The standard InChI is InChI=1S/C21H12N.C20H16N.Ir/c1-2-7-14(8-3-1)20-13-18-16-10-5-4-9-15(16)17-11-6-12-19(22-20)21(17)18;1-20(2)17-8-4-3-7-15(17)16-11-10-14(13-18(16)20)19-9-5-6-12-21-19;/h1-7,9-13H;3-9,11-13H,1-2H3;/q2*-1;. The van der Waals surface area contributed by atoms with Crippen LogP contribution in [0.25, 0.3) is 66.8 Å². The molecule has 2 aromatic heterocycles. The first-order valence-electron chi connectivity index (χ1n) is 14.7.